The lowest BCUT2D eigenvalue weighted by molar-refractivity contribution is -0.0846. The van der Waals surface area contributed by atoms with E-state index in [0.717, 1.165) is 12.8 Å². The molecule has 98 valence electrons. The molecule has 0 unspecified atom stereocenters. The Morgan fingerprint density at radius 2 is 2.29 bits per heavy atom. The van der Waals surface area contributed by atoms with Gasteiger partial charge in [-0.3, -0.25) is 0 Å². The van der Waals surface area contributed by atoms with Gasteiger partial charge in [0.1, 0.15) is 6.79 Å². The van der Waals surface area contributed by atoms with E-state index >= 15 is 0 Å². The third-order valence-corrected chi connectivity index (χ3v) is 3.40. The summed E-state index contributed by atoms with van der Waals surface area (Å²) in [5, 5.41) is 9.19. The van der Waals surface area contributed by atoms with Crippen molar-refractivity contribution in [1.29, 1.82) is 0 Å². The molecule has 1 aliphatic carbocycles. The van der Waals surface area contributed by atoms with Crippen molar-refractivity contribution in [3.05, 3.63) is 23.8 Å². The Labute approximate surface area is 104 Å². The Kier molecular flexibility index (Phi) is 5.89. The number of methoxy groups -OCH3 is 1. The zero-order valence-electron chi connectivity index (χ0n) is 11.1. The molecule has 0 saturated heterocycles. The van der Waals surface area contributed by atoms with Crippen molar-refractivity contribution >= 4 is 0 Å². The highest BCUT2D eigenvalue weighted by Crippen LogP contribution is 2.37. The fourth-order valence-corrected chi connectivity index (χ4v) is 2.57. The van der Waals surface area contributed by atoms with E-state index in [1.165, 1.54) is 11.1 Å². The molecule has 3 atom stereocenters. The van der Waals surface area contributed by atoms with Gasteiger partial charge in [0.15, 0.2) is 0 Å². The Balaban J connectivity index is 2.81. The summed E-state index contributed by atoms with van der Waals surface area (Å²) in [7, 11) is 1.62. The van der Waals surface area contributed by atoms with Crippen molar-refractivity contribution in [3.8, 4) is 0 Å². The lowest BCUT2D eigenvalue weighted by atomic mass is 9.73. The summed E-state index contributed by atoms with van der Waals surface area (Å²) < 4.78 is 10.7. The van der Waals surface area contributed by atoms with E-state index in [4.69, 9.17) is 9.47 Å². The van der Waals surface area contributed by atoms with Crippen LogP contribution in [-0.4, -0.2) is 31.7 Å². The third kappa shape index (κ3) is 3.95. The van der Waals surface area contributed by atoms with Crippen molar-refractivity contribution in [3.63, 3.8) is 0 Å². The van der Waals surface area contributed by atoms with Gasteiger partial charge in [0.05, 0.1) is 6.10 Å². The molecule has 0 amide bonds. The second kappa shape index (κ2) is 6.94. The molecule has 0 aromatic heterocycles. The highest BCUT2D eigenvalue weighted by atomic mass is 16.7. The summed E-state index contributed by atoms with van der Waals surface area (Å²) >= 11 is 0. The molecule has 0 heterocycles. The normalized spacial score (nSPS) is 28.9. The maximum atomic E-state index is 9.19. The number of hydrogen-bond donors (Lipinski definition) is 1. The predicted octanol–water partition coefficient (Wildman–Crippen LogP) is 2.52. The average molecular weight is 240 g/mol. The summed E-state index contributed by atoms with van der Waals surface area (Å²) in [6, 6.07) is 0. The topological polar surface area (TPSA) is 38.7 Å². The predicted molar refractivity (Wildman–Crippen MR) is 68.6 cm³/mol. The van der Waals surface area contributed by atoms with E-state index in [9.17, 15) is 5.11 Å². The van der Waals surface area contributed by atoms with Gasteiger partial charge in [0, 0.05) is 13.7 Å². The monoisotopic (exact) mass is 240 g/mol. The molecule has 0 fully saturated rings. The van der Waals surface area contributed by atoms with Gasteiger partial charge >= 0.3 is 0 Å². The average Bonchev–Trinajstić information content (AvgIpc) is 2.28. The van der Waals surface area contributed by atoms with Crippen LogP contribution in [-0.2, 0) is 9.47 Å². The van der Waals surface area contributed by atoms with Crippen molar-refractivity contribution in [2.24, 2.45) is 11.8 Å². The Morgan fingerprint density at radius 1 is 1.59 bits per heavy atom. The van der Waals surface area contributed by atoms with E-state index in [1.807, 2.05) is 0 Å². The molecule has 0 spiro atoms. The minimum absolute atomic E-state index is 0.0255. The van der Waals surface area contributed by atoms with Crippen molar-refractivity contribution < 1.29 is 14.6 Å². The molecule has 0 aromatic rings. The fraction of sp³-hybridized carbons (Fsp3) is 0.714. The van der Waals surface area contributed by atoms with E-state index in [2.05, 4.69) is 26.5 Å². The molecule has 1 rings (SSSR count). The van der Waals surface area contributed by atoms with E-state index in [1.54, 1.807) is 7.11 Å². The second-order valence-corrected chi connectivity index (χ2v) is 4.88. The largest absolute Gasteiger partial charge is 0.396 e. The van der Waals surface area contributed by atoms with Gasteiger partial charge in [0.2, 0.25) is 0 Å². The number of ether oxygens (including phenoxy) is 2. The molecular weight excluding hydrogens is 216 g/mol. The molecule has 1 N–H and O–H groups in total. The molecule has 0 aliphatic heterocycles. The fourth-order valence-electron chi connectivity index (χ4n) is 2.57. The number of rotatable bonds is 6. The van der Waals surface area contributed by atoms with Gasteiger partial charge in [-0.15, -0.1) is 0 Å². The number of hydrogen-bond acceptors (Lipinski definition) is 3. The van der Waals surface area contributed by atoms with Crippen LogP contribution in [0.2, 0.25) is 0 Å². The summed E-state index contributed by atoms with van der Waals surface area (Å²) in [5.41, 5.74) is 2.50. The molecule has 0 bridgehead atoms. The first kappa shape index (κ1) is 14.4. The van der Waals surface area contributed by atoms with Gasteiger partial charge < -0.3 is 14.6 Å². The molecule has 0 radical (unpaired) electrons. The van der Waals surface area contributed by atoms with Crippen LogP contribution >= 0.6 is 0 Å². The Bertz CT molecular complexity index is 283. The van der Waals surface area contributed by atoms with E-state index in [0.29, 0.717) is 18.6 Å². The van der Waals surface area contributed by atoms with Crippen molar-refractivity contribution in [1.82, 2.24) is 0 Å². The van der Waals surface area contributed by atoms with Crippen LogP contribution in [0, 0.1) is 11.8 Å². The molecular formula is C14H24O3. The minimum Gasteiger partial charge on any atom is -0.396 e. The van der Waals surface area contributed by atoms with E-state index in [-0.39, 0.29) is 12.7 Å². The Hall–Kier alpha value is -0.640. The van der Waals surface area contributed by atoms with Gasteiger partial charge in [-0.1, -0.05) is 23.8 Å². The third-order valence-electron chi connectivity index (χ3n) is 3.40. The molecule has 1 aliphatic rings. The zero-order valence-corrected chi connectivity index (χ0v) is 11.1. The molecule has 17 heavy (non-hydrogen) atoms. The maximum absolute atomic E-state index is 9.19. The Morgan fingerprint density at radius 3 is 2.82 bits per heavy atom. The minimum atomic E-state index is 0.0255. The summed E-state index contributed by atoms with van der Waals surface area (Å²) in [5.74, 6) is 0.699. The standard InChI is InChI=1S/C14H24O3/c1-10(2)13-7-11(3)8-14(17-9-16-4)12(13)5-6-15/h8,12-15H,1,5-7,9H2,2-4H3/t12-,13-,14-/m0/s1. The van der Waals surface area contributed by atoms with Crippen LogP contribution in [0.3, 0.4) is 0 Å². The quantitative estimate of drug-likeness (QED) is 0.572. The number of aliphatic hydroxyl groups is 1. The van der Waals surface area contributed by atoms with Crippen LogP contribution < -0.4 is 0 Å². The van der Waals surface area contributed by atoms with E-state index < -0.39 is 0 Å². The molecule has 3 nitrogen and oxygen atoms in total. The zero-order chi connectivity index (χ0) is 12.8. The second-order valence-electron chi connectivity index (χ2n) is 4.88. The summed E-state index contributed by atoms with van der Waals surface area (Å²) in [6.07, 6.45) is 3.94. The first-order valence-electron chi connectivity index (χ1n) is 6.14. The van der Waals surface area contributed by atoms with Gasteiger partial charge in [0.25, 0.3) is 0 Å². The summed E-state index contributed by atoms with van der Waals surface area (Å²) in [6.45, 7) is 8.72. The van der Waals surface area contributed by atoms with Crippen LogP contribution in [0.4, 0.5) is 0 Å². The number of allylic oxidation sites excluding steroid dienone is 2. The highest BCUT2D eigenvalue weighted by molar-refractivity contribution is 5.17. The van der Waals surface area contributed by atoms with Gasteiger partial charge in [-0.05, 0) is 38.5 Å². The maximum Gasteiger partial charge on any atom is 0.147 e. The van der Waals surface area contributed by atoms with Crippen LogP contribution in [0.1, 0.15) is 26.7 Å². The lowest BCUT2D eigenvalue weighted by Gasteiger charge is -2.36. The first-order valence-corrected chi connectivity index (χ1v) is 6.14. The van der Waals surface area contributed by atoms with Crippen LogP contribution in [0.5, 0.6) is 0 Å². The summed E-state index contributed by atoms with van der Waals surface area (Å²) in [4.78, 5) is 0. The van der Waals surface area contributed by atoms with Gasteiger partial charge in [-0.25, -0.2) is 0 Å². The first-order chi connectivity index (χ1) is 8.10. The highest BCUT2D eigenvalue weighted by Gasteiger charge is 2.32. The smallest absolute Gasteiger partial charge is 0.147 e. The molecule has 0 aromatic carbocycles. The SMILES string of the molecule is C=C(C)[C@@H]1CC(C)=C[C@H](OCOC)[C@H]1CCO. The van der Waals surface area contributed by atoms with Crippen LogP contribution in [0.25, 0.3) is 0 Å². The molecule has 3 heteroatoms. The van der Waals surface area contributed by atoms with Crippen LogP contribution in [0.15, 0.2) is 23.8 Å². The molecule has 0 saturated carbocycles. The number of aliphatic hydroxyl groups excluding tert-OH is 1. The van der Waals surface area contributed by atoms with Crippen molar-refractivity contribution in [2.45, 2.75) is 32.8 Å². The lowest BCUT2D eigenvalue weighted by Crippen LogP contribution is -2.34. The van der Waals surface area contributed by atoms with Gasteiger partial charge in [-0.2, -0.15) is 0 Å². The van der Waals surface area contributed by atoms with Crippen molar-refractivity contribution in [2.75, 3.05) is 20.5 Å².